The van der Waals surface area contributed by atoms with Gasteiger partial charge in [-0.05, 0) is 59.5 Å². The Morgan fingerprint density at radius 1 is 0.654 bits per heavy atom. The predicted molar refractivity (Wildman–Crippen MR) is 214 cm³/mol. The standard InChI is InChI=1S/C47H34N4O/c1-5-28(6-2)44-48-45(29-16-8-7-9-17-29)50-46(49-44)33-21-15-25-41-42(33)32-20-14-24-39(43(32)52-41)51-38-23-13-11-19-31(38)35-26-34-30-18-10-12-22-36(30)47(3,4)37(34)27-40(35)51/h5-27H,1H2,2-4H3/b28-6+. The normalized spacial score (nSPS) is 13.6. The van der Waals surface area contributed by atoms with Gasteiger partial charge in [-0.15, -0.1) is 0 Å². The van der Waals surface area contributed by atoms with Gasteiger partial charge < -0.3 is 8.98 Å². The van der Waals surface area contributed by atoms with Gasteiger partial charge in [-0.3, -0.25) is 0 Å². The summed E-state index contributed by atoms with van der Waals surface area (Å²) in [5.74, 6) is 1.77. The maximum absolute atomic E-state index is 6.87. The van der Waals surface area contributed by atoms with Crippen molar-refractivity contribution in [2.24, 2.45) is 0 Å². The van der Waals surface area contributed by atoms with Crippen molar-refractivity contribution in [2.45, 2.75) is 26.2 Å². The Kier molecular flexibility index (Phi) is 6.52. The van der Waals surface area contributed by atoms with Crippen molar-refractivity contribution in [3.8, 4) is 39.6 Å². The van der Waals surface area contributed by atoms with Crippen LogP contribution in [0.3, 0.4) is 0 Å². The molecular weight excluding hydrogens is 637 g/mol. The third-order valence-corrected chi connectivity index (χ3v) is 10.8. The molecule has 6 aromatic carbocycles. The number of aromatic nitrogens is 4. The number of rotatable bonds is 5. The molecule has 5 heteroatoms. The lowest BCUT2D eigenvalue weighted by Gasteiger charge is -2.21. The van der Waals surface area contributed by atoms with Crippen molar-refractivity contribution in [1.29, 1.82) is 0 Å². The van der Waals surface area contributed by atoms with Crippen LogP contribution in [-0.2, 0) is 5.41 Å². The smallest absolute Gasteiger partial charge is 0.164 e. The topological polar surface area (TPSA) is 56.7 Å². The van der Waals surface area contributed by atoms with E-state index in [1.807, 2.05) is 55.5 Å². The van der Waals surface area contributed by atoms with Gasteiger partial charge >= 0.3 is 0 Å². The summed E-state index contributed by atoms with van der Waals surface area (Å²) in [6, 6.07) is 44.9. The fourth-order valence-corrected chi connectivity index (χ4v) is 8.30. The van der Waals surface area contributed by atoms with Gasteiger partial charge in [-0.25, -0.2) is 15.0 Å². The first kappa shape index (κ1) is 30.3. The molecule has 5 nitrogen and oxygen atoms in total. The van der Waals surface area contributed by atoms with Gasteiger partial charge in [0, 0.05) is 43.7 Å². The third-order valence-electron chi connectivity index (χ3n) is 10.8. The molecule has 1 aliphatic rings. The molecule has 0 saturated heterocycles. The van der Waals surface area contributed by atoms with E-state index in [2.05, 4.69) is 110 Å². The first-order valence-corrected chi connectivity index (χ1v) is 17.7. The van der Waals surface area contributed by atoms with Crippen LogP contribution in [0.25, 0.3) is 88.9 Å². The highest BCUT2D eigenvalue weighted by Gasteiger charge is 2.36. The molecule has 52 heavy (non-hydrogen) atoms. The van der Waals surface area contributed by atoms with Gasteiger partial charge in [-0.2, -0.15) is 0 Å². The molecule has 1 aliphatic carbocycles. The van der Waals surface area contributed by atoms with E-state index < -0.39 is 0 Å². The molecule has 0 radical (unpaired) electrons. The van der Waals surface area contributed by atoms with Gasteiger partial charge in [0.2, 0.25) is 0 Å². The minimum Gasteiger partial charge on any atom is -0.454 e. The van der Waals surface area contributed by atoms with E-state index in [0.29, 0.717) is 17.5 Å². The first-order chi connectivity index (χ1) is 25.5. The van der Waals surface area contributed by atoms with Crippen molar-refractivity contribution in [1.82, 2.24) is 19.5 Å². The second kappa shape index (κ2) is 11.2. The summed E-state index contributed by atoms with van der Waals surface area (Å²) in [7, 11) is 0. The number of benzene rings is 6. The zero-order chi connectivity index (χ0) is 35.1. The van der Waals surface area contributed by atoms with E-state index in [4.69, 9.17) is 19.4 Å². The molecule has 3 aromatic heterocycles. The van der Waals surface area contributed by atoms with Crippen LogP contribution >= 0.6 is 0 Å². The van der Waals surface area contributed by atoms with Crippen LogP contribution in [0.4, 0.5) is 0 Å². The molecule has 248 valence electrons. The summed E-state index contributed by atoms with van der Waals surface area (Å²) in [5.41, 5.74) is 12.7. The molecule has 0 saturated carbocycles. The summed E-state index contributed by atoms with van der Waals surface area (Å²) in [6.07, 6.45) is 3.76. The average Bonchev–Trinajstić information content (AvgIpc) is 3.80. The minimum absolute atomic E-state index is 0.123. The van der Waals surface area contributed by atoms with E-state index in [1.54, 1.807) is 6.08 Å². The van der Waals surface area contributed by atoms with E-state index in [0.717, 1.165) is 55.4 Å². The van der Waals surface area contributed by atoms with Crippen molar-refractivity contribution in [2.75, 3.05) is 0 Å². The zero-order valence-corrected chi connectivity index (χ0v) is 29.2. The number of para-hydroxylation sites is 2. The Bertz CT molecular complexity index is 2960. The number of fused-ring (bicyclic) bond motifs is 9. The predicted octanol–water partition coefficient (Wildman–Crippen LogP) is 12.1. The van der Waals surface area contributed by atoms with Gasteiger partial charge in [0.05, 0.1) is 16.7 Å². The van der Waals surface area contributed by atoms with Crippen LogP contribution in [0.2, 0.25) is 0 Å². The Balaban J connectivity index is 1.24. The molecule has 0 atom stereocenters. The Morgan fingerprint density at radius 2 is 1.38 bits per heavy atom. The molecule has 0 fully saturated rings. The number of hydrogen-bond acceptors (Lipinski definition) is 4. The lowest BCUT2D eigenvalue weighted by atomic mass is 9.82. The molecule has 3 heterocycles. The Morgan fingerprint density at radius 3 is 2.23 bits per heavy atom. The highest BCUT2D eigenvalue weighted by atomic mass is 16.3. The molecule has 0 unspecified atom stereocenters. The van der Waals surface area contributed by atoms with Crippen molar-refractivity contribution in [3.05, 3.63) is 163 Å². The van der Waals surface area contributed by atoms with E-state index >= 15 is 0 Å². The number of furan rings is 1. The van der Waals surface area contributed by atoms with Crippen LogP contribution in [0.15, 0.2) is 151 Å². The largest absolute Gasteiger partial charge is 0.454 e. The molecule has 0 aliphatic heterocycles. The summed E-state index contributed by atoms with van der Waals surface area (Å²) >= 11 is 0. The van der Waals surface area contributed by atoms with Gasteiger partial charge in [0.25, 0.3) is 0 Å². The third kappa shape index (κ3) is 4.26. The SMILES string of the molecule is C=C/C(=C\C)c1nc(-c2ccccc2)nc(-c2cccc3oc4c(-n5c6ccccc6c6cc7c(cc65)C(C)(C)c5ccccc5-7)cccc4c23)n1. The summed E-state index contributed by atoms with van der Waals surface area (Å²) in [4.78, 5) is 14.9. The van der Waals surface area contributed by atoms with E-state index in [1.165, 1.54) is 33.0 Å². The van der Waals surface area contributed by atoms with Crippen LogP contribution < -0.4 is 0 Å². The van der Waals surface area contributed by atoms with Gasteiger partial charge in [0.1, 0.15) is 5.58 Å². The van der Waals surface area contributed by atoms with Crippen molar-refractivity contribution < 1.29 is 4.42 Å². The highest BCUT2D eigenvalue weighted by Crippen LogP contribution is 2.51. The van der Waals surface area contributed by atoms with Crippen LogP contribution in [0.1, 0.15) is 37.7 Å². The van der Waals surface area contributed by atoms with Crippen LogP contribution in [0, 0.1) is 0 Å². The molecule has 0 N–H and O–H groups in total. The molecule has 9 aromatic rings. The molecule has 0 spiro atoms. The molecular formula is C47H34N4O. The molecule has 10 rings (SSSR count). The zero-order valence-electron chi connectivity index (χ0n) is 29.2. The molecule has 0 bridgehead atoms. The lowest BCUT2D eigenvalue weighted by molar-refractivity contribution is 0.660. The Labute approximate surface area is 301 Å². The quantitative estimate of drug-likeness (QED) is 0.171. The van der Waals surface area contributed by atoms with Gasteiger partial charge in [0.15, 0.2) is 23.1 Å². The minimum atomic E-state index is -0.123. The summed E-state index contributed by atoms with van der Waals surface area (Å²) in [6.45, 7) is 10.7. The lowest BCUT2D eigenvalue weighted by Crippen LogP contribution is -2.14. The highest BCUT2D eigenvalue weighted by molar-refractivity contribution is 6.16. The fraction of sp³-hybridized carbons (Fsp3) is 0.0851. The van der Waals surface area contributed by atoms with Gasteiger partial charge in [-0.1, -0.05) is 130 Å². The maximum Gasteiger partial charge on any atom is 0.164 e. The van der Waals surface area contributed by atoms with Crippen LogP contribution in [0.5, 0.6) is 0 Å². The molecule has 0 amide bonds. The first-order valence-electron chi connectivity index (χ1n) is 17.7. The monoisotopic (exact) mass is 670 g/mol. The van der Waals surface area contributed by atoms with Crippen LogP contribution in [-0.4, -0.2) is 19.5 Å². The van der Waals surface area contributed by atoms with E-state index in [9.17, 15) is 0 Å². The number of allylic oxidation sites excluding steroid dienone is 3. The fourth-order valence-electron chi connectivity index (χ4n) is 8.30. The maximum atomic E-state index is 6.87. The second-order valence-electron chi connectivity index (χ2n) is 14.0. The number of nitrogens with zero attached hydrogens (tertiary/aromatic N) is 4. The average molecular weight is 671 g/mol. The summed E-state index contributed by atoms with van der Waals surface area (Å²) < 4.78 is 9.25. The summed E-state index contributed by atoms with van der Waals surface area (Å²) in [5, 5.41) is 4.41. The van der Waals surface area contributed by atoms with E-state index in [-0.39, 0.29) is 5.41 Å². The van der Waals surface area contributed by atoms with Crippen molar-refractivity contribution >= 4 is 49.3 Å². The number of hydrogen-bond donors (Lipinski definition) is 0. The van der Waals surface area contributed by atoms with Crippen molar-refractivity contribution in [3.63, 3.8) is 0 Å². The Hall–Kier alpha value is -6.59. The second-order valence-corrected chi connectivity index (χ2v) is 14.0.